The van der Waals surface area contributed by atoms with E-state index in [1.807, 2.05) is 12.1 Å². The number of hydrogen-bond donors (Lipinski definition) is 0. The molecule has 2 rings (SSSR count). The Kier molecular flexibility index (Phi) is 5.28. The monoisotopic (exact) mass is 292 g/mol. The van der Waals surface area contributed by atoms with Crippen LogP contribution in [0.1, 0.15) is 31.4 Å². The van der Waals surface area contributed by atoms with Gasteiger partial charge in [0.15, 0.2) is 0 Å². The number of fused-ring (bicyclic) bond motifs is 1. The van der Waals surface area contributed by atoms with E-state index in [2.05, 4.69) is 24.8 Å². The van der Waals surface area contributed by atoms with Crippen LogP contribution in [0.4, 0.5) is 0 Å². The maximum atomic E-state index is 8.79. The molecule has 1 aromatic carbocycles. The molecule has 0 saturated carbocycles. The van der Waals surface area contributed by atoms with Crippen molar-refractivity contribution in [3.05, 3.63) is 28.3 Å². The molecule has 1 aromatic rings. The zero-order valence-electron chi connectivity index (χ0n) is 12.2. The first kappa shape index (κ1) is 15.2. The molecule has 0 spiro atoms. The molecule has 3 nitrogen and oxygen atoms in total. The molecule has 0 atom stereocenters. The van der Waals surface area contributed by atoms with Crippen molar-refractivity contribution in [1.82, 2.24) is 4.90 Å². The highest BCUT2D eigenvalue weighted by Crippen LogP contribution is 2.33. The molecule has 108 valence electrons. The molecule has 20 heavy (non-hydrogen) atoms. The van der Waals surface area contributed by atoms with E-state index in [1.165, 1.54) is 5.56 Å². The summed E-state index contributed by atoms with van der Waals surface area (Å²) in [5, 5.41) is 9.56. The van der Waals surface area contributed by atoms with E-state index in [4.69, 9.17) is 21.6 Å². The van der Waals surface area contributed by atoms with Crippen molar-refractivity contribution in [1.29, 1.82) is 5.26 Å². The average Bonchev–Trinajstić information content (AvgIpc) is 2.83. The lowest BCUT2D eigenvalue weighted by atomic mass is 10.1. The van der Waals surface area contributed by atoms with Crippen LogP contribution < -0.4 is 4.74 Å². The molecular weight excluding hydrogens is 272 g/mol. The van der Waals surface area contributed by atoms with Crippen LogP contribution in [0.2, 0.25) is 5.02 Å². The second-order valence-corrected chi connectivity index (χ2v) is 6.13. The summed E-state index contributed by atoms with van der Waals surface area (Å²) in [6.07, 6.45) is 1.49. The topological polar surface area (TPSA) is 36.3 Å². The van der Waals surface area contributed by atoms with Crippen LogP contribution >= 0.6 is 11.6 Å². The summed E-state index contributed by atoms with van der Waals surface area (Å²) in [5.41, 5.74) is 2.35. The molecule has 0 aromatic heterocycles. The number of rotatable bonds is 6. The molecular formula is C16H21ClN2O. The number of halogens is 1. The van der Waals surface area contributed by atoms with Crippen molar-refractivity contribution in [2.75, 3.05) is 19.7 Å². The summed E-state index contributed by atoms with van der Waals surface area (Å²) < 4.78 is 5.74. The predicted octanol–water partition coefficient (Wildman–Crippen LogP) is 3.65. The Morgan fingerprint density at radius 1 is 1.45 bits per heavy atom. The van der Waals surface area contributed by atoms with Gasteiger partial charge in [-0.15, -0.1) is 0 Å². The molecule has 1 aliphatic rings. The van der Waals surface area contributed by atoms with Crippen LogP contribution in [0.3, 0.4) is 0 Å². The quantitative estimate of drug-likeness (QED) is 0.803. The van der Waals surface area contributed by atoms with Crippen LogP contribution in [-0.4, -0.2) is 24.6 Å². The average molecular weight is 293 g/mol. The maximum Gasteiger partial charge on any atom is 0.127 e. The molecule has 0 radical (unpaired) electrons. The molecule has 0 unspecified atom stereocenters. The van der Waals surface area contributed by atoms with Crippen LogP contribution in [0.25, 0.3) is 0 Å². The van der Waals surface area contributed by atoms with Gasteiger partial charge in [-0.25, -0.2) is 0 Å². The van der Waals surface area contributed by atoms with E-state index in [9.17, 15) is 0 Å². The fraction of sp³-hybridized carbons (Fsp3) is 0.562. The summed E-state index contributed by atoms with van der Waals surface area (Å²) in [5.74, 6) is 1.57. The van der Waals surface area contributed by atoms with E-state index >= 15 is 0 Å². The first-order valence-electron chi connectivity index (χ1n) is 7.13. The van der Waals surface area contributed by atoms with Crippen LogP contribution in [0.5, 0.6) is 5.75 Å². The molecule has 0 bridgehead atoms. The first-order chi connectivity index (χ1) is 9.60. The third kappa shape index (κ3) is 3.88. The number of nitrogens with zero attached hydrogens (tertiary/aromatic N) is 2. The van der Waals surface area contributed by atoms with Crippen LogP contribution in [0.15, 0.2) is 12.1 Å². The lowest BCUT2D eigenvalue weighted by Crippen LogP contribution is -2.28. The van der Waals surface area contributed by atoms with E-state index in [1.54, 1.807) is 0 Å². The second kappa shape index (κ2) is 6.97. The number of nitriles is 1. The fourth-order valence-electron chi connectivity index (χ4n) is 2.66. The Morgan fingerprint density at radius 2 is 2.25 bits per heavy atom. The van der Waals surface area contributed by atoms with Gasteiger partial charge < -0.3 is 4.74 Å². The number of ether oxygens (including phenoxy) is 1. The van der Waals surface area contributed by atoms with Gasteiger partial charge in [0.1, 0.15) is 5.75 Å². The highest BCUT2D eigenvalue weighted by molar-refractivity contribution is 6.30. The second-order valence-electron chi connectivity index (χ2n) is 5.69. The van der Waals surface area contributed by atoms with Crippen LogP contribution in [0, 0.1) is 17.2 Å². The van der Waals surface area contributed by atoms with E-state index in [0.717, 1.165) is 49.0 Å². The van der Waals surface area contributed by atoms with Gasteiger partial charge in [0.05, 0.1) is 12.7 Å². The minimum atomic E-state index is 0.552. The summed E-state index contributed by atoms with van der Waals surface area (Å²) in [6, 6.07) is 6.21. The number of hydrogen-bond acceptors (Lipinski definition) is 3. The maximum absolute atomic E-state index is 8.79. The zero-order valence-corrected chi connectivity index (χ0v) is 12.9. The van der Waals surface area contributed by atoms with E-state index in [0.29, 0.717) is 12.3 Å². The normalized spacial score (nSPS) is 13.4. The van der Waals surface area contributed by atoms with Crippen molar-refractivity contribution in [3.63, 3.8) is 0 Å². The van der Waals surface area contributed by atoms with Crippen molar-refractivity contribution in [2.45, 2.75) is 33.2 Å². The minimum absolute atomic E-state index is 0.552. The lowest BCUT2D eigenvalue weighted by molar-refractivity contribution is 0.237. The largest absolute Gasteiger partial charge is 0.493 e. The lowest BCUT2D eigenvalue weighted by Gasteiger charge is -2.24. The molecule has 1 aliphatic heterocycles. The highest BCUT2D eigenvalue weighted by Gasteiger charge is 2.19. The van der Waals surface area contributed by atoms with Gasteiger partial charge in [0, 0.05) is 43.1 Å². The Hall–Kier alpha value is -1.24. The van der Waals surface area contributed by atoms with E-state index < -0.39 is 0 Å². The van der Waals surface area contributed by atoms with Crippen LogP contribution in [-0.2, 0) is 13.0 Å². The third-order valence-electron chi connectivity index (χ3n) is 3.38. The van der Waals surface area contributed by atoms with Gasteiger partial charge >= 0.3 is 0 Å². The van der Waals surface area contributed by atoms with Gasteiger partial charge in [-0.3, -0.25) is 4.90 Å². The highest BCUT2D eigenvalue weighted by atomic mass is 35.5. The predicted molar refractivity (Wildman–Crippen MR) is 81.0 cm³/mol. The Balaban J connectivity index is 2.15. The Labute approximate surface area is 126 Å². The molecule has 0 N–H and O–H groups in total. The summed E-state index contributed by atoms with van der Waals surface area (Å²) in [7, 11) is 0. The van der Waals surface area contributed by atoms with Gasteiger partial charge in [0.25, 0.3) is 0 Å². The standard InChI is InChI=1S/C16H21ClN2O/c1-12(2)10-19(6-3-5-18)11-14-9-15(17)8-13-4-7-20-16(13)14/h8-9,12H,3-4,6-7,10-11H2,1-2H3. The molecule has 0 aliphatic carbocycles. The molecule has 0 amide bonds. The van der Waals surface area contributed by atoms with Crippen molar-refractivity contribution < 1.29 is 4.74 Å². The third-order valence-corrected chi connectivity index (χ3v) is 3.60. The summed E-state index contributed by atoms with van der Waals surface area (Å²) >= 11 is 6.20. The SMILES string of the molecule is CC(C)CN(CCC#N)Cc1cc(Cl)cc2c1OCC2. The van der Waals surface area contributed by atoms with E-state index in [-0.39, 0.29) is 0 Å². The Bertz CT molecular complexity index is 508. The Morgan fingerprint density at radius 3 is 2.95 bits per heavy atom. The van der Waals surface area contributed by atoms with Crippen molar-refractivity contribution >= 4 is 11.6 Å². The van der Waals surface area contributed by atoms with Gasteiger partial charge in [-0.1, -0.05) is 25.4 Å². The van der Waals surface area contributed by atoms with Gasteiger partial charge in [0.2, 0.25) is 0 Å². The molecule has 4 heteroatoms. The summed E-state index contributed by atoms with van der Waals surface area (Å²) in [6.45, 7) is 7.68. The first-order valence-corrected chi connectivity index (χ1v) is 7.51. The fourth-order valence-corrected chi connectivity index (χ4v) is 2.93. The minimum Gasteiger partial charge on any atom is -0.493 e. The smallest absolute Gasteiger partial charge is 0.127 e. The molecule has 1 heterocycles. The molecule has 0 saturated heterocycles. The zero-order chi connectivity index (χ0) is 14.5. The van der Waals surface area contributed by atoms with Gasteiger partial charge in [-0.2, -0.15) is 5.26 Å². The molecule has 0 fully saturated rings. The summed E-state index contributed by atoms with van der Waals surface area (Å²) in [4.78, 5) is 2.31. The number of benzene rings is 1. The van der Waals surface area contributed by atoms with Crippen molar-refractivity contribution in [3.8, 4) is 11.8 Å². The van der Waals surface area contributed by atoms with Gasteiger partial charge in [-0.05, 0) is 23.6 Å². The van der Waals surface area contributed by atoms with Crippen molar-refractivity contribution in [2.24, 2.45) is 5.92 Å².